The van der Waals surface area contributed by atoms with Crippen LogP contribution in [-0.4, -0.2) is 20.6 Å². The molecule has 2 heterocycles. The first-order valence-corrected chi connectivity index (χ1v) is 6.80. The van der Waals surface area contributed by atoms with Gasteiger partial charge in [-0.25, -0.2) is 9.97 Å². The average molecular weight is 266 g/mol. The molecule has 1 unspecified atom stereocenters. The van der Waals surface area contributed by atoms with E-state index in [2.05, 4.69) is 46.5 Å². The van der Waals surface area contributed by atoms with Crippen LogP contribution in [0.4, 0.5) is 5.82 Å². The van der Waals surface area contributed by atoms with Gasteiger partial charge in [0.15, 0.2) is 5.82 Å². The van der Waals surface area contributed by atoms with Gasteiger partial charge in [0, 0.05) is 19.3 Å². The zero-order valence-electron chi connectivity index (χ0n) is 11.7. The molecular formula is C16H18N4. The number of hydrogen-bond acceptors (Lipinski definition) is 3. The van der Waals surface area contributed by atoms with Crippen molar-refractivity contribution < 1.29 is 0 Å². The molecule has 0 radical (unpaired) electrons. The van der Waals surface area contributed by atoms with Crippen LogP contribution in [0, 0.1) is 0 Å². The molecular weight excluding hydrogens is 248 g/mol. The molecule has 0 fully saturated rings. The predicted molar refractivity (Wildman–Crippen MR) is 81.7 cm³/mol. The van der Waals surface area contributed by atoms with Gasteiger partial charge in [-0.15, -0.1) is 0 Å². The zero-order chi connectivity index (χ0) is 13.9. The Bertz CT molecular complexity index is 703. The summed E-state index contributed by atoms with van der Waals surface area (Å²) < 4.78 is 2.00. The number of imidazole rings is 1. The van der Waals surface area contributed by atoms with Gasteiger partial charge in [-0.1, -0.05) is 30.3 Å². The summed E-state index contributed by atoms with van der Waals surface area (Å²) in [6, 6.07) is 12.8. The first kappa shape index (κ1) is 12.7. The first-order valence-electron chi connectivity index (χ1n) is 6.80. The van der Waals surface area contributed by atoms with Gasteiger partial charge in [0.2, 0.25) is 0 Å². The highest BCUT2D eigenvalue weighted by Gasteiger charge is 2.10. The number of rotatable bonds is 4. The minimum atomic E-state index is 0.303. The molecule has 4 nitrogen and oxygen atoms in total. The molecule has 0 aliphatic rings. The van der Waals surface area contributed by atoms with Gasteiger partial charge >= 0.3 is 0 Å². The average Bonchev–Trinajstić information content (AvgIpc) is 2.83. The van der Waals surface area contributed by atoms with Gasteiger partial charge in [-0.3, -0.25) is 0 Å². The minimum Gasteiger partial charge on any atom is -0.365 e. The third-order valence-electron chi connectivity index (χ3n) is 3.41. The van der Waals surface area contributed by atoms with Gasteiger partial charge in [0.1, 0.15) is 5.52 Å². The lowest BCUT2D eigenvalue weighted by molar-refractivity contribution is 0.786. The number of aromatic nitrogens is 3. The quantitative estimate of drug-likeness (QED) is 0.789. The lowest BCUT2D eigenvalue weighted by Crippen LogP contribution is -2.19. The maximum absolute atomic E-state index is 4.42. The van der Waals surface area contributed by atoms with Crippen molar-refractivity contribution in [2.75, 3.05) is 5.32 Å². The maximum atomic E-state index is 4.42. The molecule has 20 heavy (non-hydrogen) atoms. The predicted octanol–water partition coefficient (Wildman–Crippen LogP) is 3.01. The second kappa shape index (κ2) is 5.33. The van der Waals surface area contributed by atoms with Crippen LogP contribution in [0.25, 0.3) is 11.0 Å². The fourth-order valence-corrected chi connectivity index (χ4v) is 2.42. The number of benzene rings is 1. The molecule has 0 spiro atoms. The number of pyridine rings is 1. The molecule has 0 bridgehead atoms. The van der Waals surface area contributed by atoms with Gasteiger partial charge in [-0.2, -0.15) is 0 Å². The van der Waals surface area contributed by atoms with Crippen molar-refractivity contribution in [3.63, 3.8) is 0 Å². The van der Waals surface area contributed by atoms with Gasteiger partial charge in [-0.05, 0) is 25.0 Å². The van der Waals surface area contributed by atoms with Crippen LogP contribution >= 0.6 is 0 Å². The van der Waals surface area contributed by atoms with E-state index in [9.17, 15) is 0 Å². The summed E-state index contributed by atoms with van der Waals surface area (Å²) in [6.45, 7) is 2.16. The van der Waals surface area contributed by atoms with E-state index in [1.807, 2.05) is 36.3 Å². The van der Waals surface area contributed by atoms with E-state index in [4.69, 9.17) is 0 Å². The monoisotopic (exact) mass is 266 g/mol. The fourth-order valence-electron chi connectivity index (χ4n) is 2.42. The third kappa shape index (κ3) is 2.50. The Kier molecular flexibility index (Phi) is 3.37. The van der Waals surface area contributed by atoms with Gasteiger partial charge in [0.25, 0.3) is 0 Å². The molecule has 0 aliphatic heterocycles. The van der Waals surface area contributed by atoms with Crippen molar-refractivity contribution in [2.45, 2.75) is 19.4 Å². The van der Waals surface area contributed by atoms with Crippen LogP contribution in [0.1, 0.15) is 12.5 Å². The van der Waals surface area contributed by atoms with Crippen LogP contribution in [0.3, 0.4) is 0 Å². The number of aryl methyl sites for hydroxylation is 1. The summed E-state index contributed by atoms with van der Waals surface area (Å²) in [5, 5.41) is 3.46. The standard InChI is InChI=1S/C16H18N4/c1-12(10-13-6-4-3-5-7-13)19-16-15-14(8-9-17-16)20(2)11-18-15/h3-9,11-12H,10H2,1-2H3,(H,17,19). The van der Waals surface area contributed by atoms with Crippen LogP contribution in [0.2, 0.25) is 0 Å². The highest BCUT2D eigenvalue weighted by molar-refractivity contribution is 5.85. The summed E-state index contributed by atoms with van der Waals surface area (Å²) in [6.07, 6.45) is 4.60. The fraction of sp³-hybridized carbons (Fsp3) is 0.250. The molecule has 4 heteroatoms. The molecule has 102 valence electrons. The number of hydrogen-bond donors (Lipinski definition) is 1. The Morgan fingerprint density at radius 3 is 2.75 bits per heavy atom. The third-order valence-corrected chi connectivity index (χ3v) is 3.41. The largest absolute Gasteiger partial charge is 0.365 e. The minimum absolute atomic E-state index is 0.303. The topological polar surface area (TPSA) is 42.7 Å². The van der Waals surface area contributed by atoms with E-state index in [1.54, 1.807) is 0 Å². The Labute approximate surface area is 118 Å². The van der Waals surface area contributed by atoms with E-state index >= 15 is 0 Å². The van der Waals surface area contributed by atoms with E-state index in [1.165, 1.54) is 5.56 Å². The second-order valence-electron chi connectivity index (χ2n) is 5.12. The summed E-state index contributed by atoms with van der Waals surface area (Å²) >= 11 is 0. The SMILES string of the molecule is CC(Cc1ccccc1)Nc1nccc2c1ncn2C. The van der Waals surface area contributed by atoms with Crippen LogP contribution in [0.5, 0.6) is 0 Å². The van der Waals surface area contributed by atoms with Crippen molar-refractivity contribution in [2.24, 2.45) is 7.05 Å². The van der Waals surface area contributed by atoms with Gasteiger partial charge < -0.3 is 9.88 Å². The van der Waals surface area contributed by atoms with E-state index in [0.717, 1.165) is 23.3 Å². The number of nitrogens with one attached hydrogen (secondary N) is 1. The van der Waals surface area contributed by atoms with Crippen molar-refractivity contribution in [1.29, 1.82) is 0 Å². The van der Waals surface area contributed by atoms with Crippen molar-refractivity contribution in [3.05, 3.63) is 54.5 Å². The molecule has 2 aromatic heterocycles. The maximum Gasteiger partial charge on any atom is 0.154 e. The smallest absolute Gasteiger partial charge is 0.154 e. The Hall–Kier alpha value is -2.36. The number of nitrogens with zero attached hydrogens (tertiary/aromatic N) is 3. The first-order chi connectivity index (χ1) is 9.74. The molecule has 1 N–H and O–H groups in total. The molecule has 0 aliphatic carbocycles. The highest BCUT2D eigenvalue weighted by atomic mass is 15.1. The van der Waals surface area contributed by atoms with E-state index in [0.29, 0.717) is 6.04 Å². The summed E-state index contributed by atoms with van der Waals surface area (Å²) in [4.78, 5) is 8.83. The molecule has 3 rings (SSSR count). The van der Waals surface area contributed by atoms with E-state index in [-0.39, 0.29) is 0 Å². The Morgan fingerprint density at radius 2 is 1.95 bits per heavy atom. The molecule has 0 saturated heterocycles. The van der Waals surface area contributed by atoms with Gasteiger partial charge in [0.05, 0.1) is 11.8 Å². The molecule has 3 aromatic rings. The van der Waals surface area contributed by atoms with Crippen LogP contribution < -0.4 is 5.32 Å². The number of fused-ring (bicyclic) bond motifs is 1. The Morgan fingerprint density at radius 1 is 1.15 bits per heavy atom. The van der Waals surface area contributed by atoms with Crippen LogP contribution in [0.15, 0.2) is 48.9 Å². The molecule has 1 atom stereocenters. The zero-order valence-corrected chi connectivity index (χ0v) is 11.7. The van der Waals surface area contributed by atoms with Crippen LogP contribution in [-0.2, 0) is 13.5 Å². The summed E-state index contributed by atoms with van der Waals surface area (Å²) in [5.74, 6) is 0.853. The van der Waals surface area contributed by atoms with Crippen molar-refractivity contribution in [3.8, 4) is 0 Å². The second-order valence-corrected chi connectivity index (χ2v) is 5.12. The summed E-state index contributed by atoms with van der Waals surface area (Å²) in [5.41, 5.74) is 3.34. The van der Waals surface area contributed by atoms with Crippen molar-refractivity contribution >= 4 is 16.9 Å². The molecule has 0 saturated carbocycles. The lowest BCUT2D eigenvalue weighted by atomic mass is 10.1. The number of anilines is 1. The summed E-state index contributed by atoms with van der Waals surface area (Å²) in [7, 11) is 1.99. The van der Waals surface area contributed by atoms with Crippen molar-refractivity contribution in [1.82, 2.24) is 14.5 Å². The highest BCUT2D eigenvalue weighted by Crippen LogP contribution is 2.19. The molecule has 0 amide bonds. The molecule has 1 aromatic carbocycles. The normalized spacial score (nSPS) is 12.5. The Balaban J connectivity index is 1.79. The van der Waals surface area contributed by atoms with E-state index < -0.39 is 0 Å². The lowest BCUT2D eigenvalue weighted by Gasteiger charge is -2.14.